The lowest BCUT2D eigenvalue weighted by molar-refractivity contribution is 0.00662. The molecule has 0 radical (unpaired) electrons. The zero-order chi connectivity index (χ0) is 34.8. The van der Waals surface area contributed by atoms with Crippen LogP contribution in [0.3, 0.4) is 0 Å². The van der Waals surface area contributed by atoms with Gasteiger partial charge in [0.25, 0.3) is 0 Å². The van der Waals surface area contributed by atoms with Crippen LogP contribution in [0.25, 0.3) is 0 Å². The molecule has 2 atom stereocenters. The van der Waals surface area contributed by atoms with E-state index >= 15 is 0 Å². The molecule has 0 aliphatic carbocycles. The largest absolute Gasteiger partial charge is 0.308 e. The highest BCUT2D eigenvalue weighted by Crippen LogP contribution is 2.27. The van der Waals surface area contributed by atoms with Gasteiger partial charge in [0, 0.05) is 25.8 Å². The molecule has 280 valence electrons. The molecule has 0 aromatic carbocycles. The van der Waals surface area contributed by atoms with Gasteiger partial charge in [0.05, 0.1) is 0 Å². The van der Waals surface area contributed by atoms with E-state index in [1.165, 1.54) is 217 Å². The van der Waals surface area contributed by atoms with Crippen molar-refractivity contribution in [3.8, 4) is 0 Å². The van der Waals surface area contributed by atoms with E-state index in [-0.39, 0.29) is 0 Å². The molecule has 2 heteroatoms. The van der Waals surface area contributed by atoms with E-state index in [9.17, 15) is 0 Å². The summed E-state index contributed by atoms with van der Waals surface area (Å²) in [6.45, 7) is 18.4. The van der Waals surface area contributed by atoms with Gasteiger partial charge in [-0.25, -0.2) is 5.01 Å². The Morgan fingerprint density at radius 1 is 0.404 bits per heavy atom. The molecule has 0 fully saturated rings. The van der Waals surface area contributed by atoms with E-state index in [0.29, 0.717) is 6.04 Å². The summed E-state index contributed by atoms with van der Waals surface area (Å²) in [6.07, 6.45) is 45.2. The predicted molar refractivity (Wildman–Crippen MR) is 216 cm³/mol. The van der Waals surface area contributed by atoms with Crippen molar-refractivity contribution in [1.29, 1.82) is 0 Å². The van der Waals surface area contributed by atoms with E-state index < -0.39 is 0 Å². The third-order valence-corrected chi connectivity index (χ3v) is 10.7. The van der Waals surface area contributed by atoms with Gasteiger partial charge in [-0.2, -0.15) is 0 Å². The second kappa shape index (κ2) is 35.1. The molecule has 2 nitrogen and oxygen atoms in total. The zero-order valence-electron chi connectivity index (χ0n) is 33.8. The van der Waals surface area contributed by atoms with Gasteiger partial charge < -0.3 is 5.01 Å². The third-order valence-electron chi connectivity index (χ3n) is 10.7. The first-order valence-corrected chi connectivity index (χ1v) is 21.7. The van der Waals surface area contributed by atoms with Gasteiger partial charge in [-0.3, -0.25) is 0 Å². The van der Waals surface area contributed by atoms with Crippen LogP contribution in [-0.4, -0.2) is 30.2 Å². The number of hydrogen-bond donors (Lipinski definition) is 0. The maximum Gasteiger partial charge on any atom is 0.0453 e. The lowest BCUT2D eigenvalue weighted by atomic mass is 9.89. The van der Waals surface area contributed by atoms with Gasteiger partial charge in [-0.1, -0.05) is 207 Å². The molecular weight excluding hydrogens is 569 g/mol. The lowest BCUT2D eigenvalue weighted by Gasteiger charge is -2.40. The third kappa shape index (κ3) is 28.8. The summed E-state index contributed by atoms with van der Waals surface area (Å²) in [5, 5.41) is 4.96. The summed E-state index contributed by atoms with van der Waals surface area (Å²) in [6, 6.07) is 0.615. The quantitative estimate of drug-likeness (QED) is 0.0370. The molecular formula is C45H90N2. The second-order valence-electron chi connectivity index (χ2n) is 15.6. The van der Waals surface area contributed by atoms with E-state index in [0.717, 1.165) is 12.3 Å². The van der Waals surface area contributed by atoms with Crippen molar-refractivity contribution in [2.24, 2.45) is 5.92 Å². The zero-order valence-corrected chi connectivity index (χ0v) is 33.8. The Bertz CT molecular complexity index is 667. The fourth-order valence-corrected chi connectivity index (χ4v) is 7.60. The highest BCUT2D eigenvalue weighted by atomic mass is 15.6. The fourth-order valence-electron chi connectivity index (χ4n) is 7.60. The van der Waals surface area contributed by atoms with Crippen molar-refractivity contribution in [2.75, 3.05) is 14.1 Å². The Hall–Kier alpha value is -0.760. The normalized spacial score (nSPS) is 12.9. The minimum absolute atomic E-state index is 0.615. The first-order chi connectivity index (χ1) is 22.9. The average molecular weight is 659 g/mol. The van der Waals surface area contributed by atoms with Gasteiger partial charge in [0.2, 0.25) is 0 Å². The number of nitrogens with zero attached hydrogens (tertiary/aromatic N) is 2. The number of rotatable bonds is 38. The summed E-state index contributed by atoms with van der Waals surface area (Å²) in [5.74, 6) is 0.939. The van der Waals surface area contributed by atoms with E-state index in [1.807, 2.05) is 0 Å². The molecule has 0 aliphatic heterocycles. The van der Waals surface area contributed by atoms with E-state index in [2.05, 4.69) is 65.0 Å². The number of allylic oxidation sites excluding steroid dienone is 2. The molecule has 2 unspecified atom stereocenters. The van der Waals surface area contributed by atoms with Gasteiger partial charge in [0.1, 0.15) is 0 Å². The first-order valence-electron chi connectivity index (χ1n) is 21.7. The number of unbranched alkanes of at least 4 members (excludes halogenated alkanes) is 20. The summed E-state index contributed by atoms with van der Waals surface area (Å²) >= 11 is 0. The molecule has 0 rings (SSSR count). The van der Waals surface area contributed by atoms with Crippen LogP contribution in [0.4, 0.5) is 0 Å². The fraction of sp³-hybridized carbons (Fsp3) is 0.911. The summed E-state index contributed by atoms with van der Waals surface area (Å²) in [5.41, 5.74) is 2.88. The lowest BCUT2D eigenvalue weighted by Crippen LogP contribution is -2.44. The molecule has 0 heterocycles. The van der Waals surface area contributed by atoms with Crippen molar-refractivity contribution < 1.29 is 0 Å². The Morgan fingerprint density at radius 2 is 0.787 bits per heavy atom. The number of hydrazine groups is 1. The SMILES string of the molecule is C=C(CCCCCCCCC(CCCCCCCCC)N(C(=C)CCCCCCCC)N(C)C)CCC(CCCC)CCCCCC. The van der Waals surface area contributed by atoms with E-state index in [4.69, 9.17) is 0 Å². The summed E-state index contributed by atoms with van der Waals surface area (Å²) in [4.78, 5) is 0. The minimum atomic E-state index is 0.615. The summed E-state index contributed by atoms with van der Waals surface area (Å²) < 4.78 is 0. The molecule has 47 heavy (non-hydrogen) atoms. The highest BCUT2D eigenvalue weighted by molar-refractivity contribution is 4.96. The Balaban J connectivity index is 4.54. The van der Waals surface area contributed by atoms with Crippen LogP contribution < -0.4 is 0 Å². The molecule has 0 saturated carbocycles. The Labute approximate surface area is 299 Å². The maximum atomic E-state index is 4.63. The Kier molecular flexibility index (Phi) is 34.5. The smallest absolute Gasteiger partial charge is 0.0453 e. The Morgan fingerprint density at radius 3 is 1.28 bits per heavy atom. The molecule has 0 aliphatic rings. The van der Waals surface area contributed by atoms with Gasteiger partial charge in [-0.05, 0) is 57.3 Å². The van der Waals surface area contributed by atoms with Crippen molar-refractivity contribution in [3.63, 3.8) is 0 Å². The van der Waals surface area contributed by atoms with Gasteiger partial charge >= 0.3 is 0 Å². The van der Waals surface area contributed by atoms with Crippen LogP contribution in [0.1, 0.15) is 240 Å². The van der Waals surface area contributed by atoms with Crippen LogP contribution in [0.2, 0.25) is 0 Å². The van der Waals surface area contributed by atoms with Crippen LogP contribution in [0, 0.1) is 5.92 Å². The molecule has 0 spiro atoms. The molecule has 0 bridgehead atoms. The highest BCUT2D eigenvalue weighted by Gasteiger charge is 2.21. The van der Waals surface area contributed by atoms with Crippen LogP contribution in [0.15, 0.2) is 24.4 Å². The van der Waals surface area contributed by atoms with Crippen LogP contribution >= 0.6 is 0 Å². The van der Waals surface area contributed by atoms with Gasteiger partial charge in [0.15, 0.2) is 0 Å². The van der Waals surface area contributed by atoms with Crippen molar-refractivity contribution in [3.05, 3.63) is 24.4 Å². The molecule has 0 saturated heterocycles. The summed E-state index contributed by atoms with van der Waals surface area (Å²) in [7, 11) is 4.49. The molecule has 0 aromatic heterocycles. The van der Waals surface area contributed by atoms with Crippen molar-refractivity contribution >= 4 is 0 Å². The van der Waals surface area contributed by atoms with E-state index in [1.54, 1.807) is 0 Å². The molecule has 0 amide bonds. The average Bonchev–Trinajstić information content (AvgIpc) is 3.05. The van der Waals surface area contributed by atoms with Crippen LogP contribution in [0.5, 0.6) is 0 Å². The maximum absolute atomic E-state index is 4.63. The van der Waals surface area contributed by atoms with Crippen molar-refractivity contribution in [2.45, 2.75) is 246 Å². The minimum Gasteiger partial charge on any atom is -0.308 e. The standard InChI is InChI=1S/C45H90N2/c1-9-13-17-20-22-27-32-38-45(47(46(7)8)43(6)35-30-26-21-18-14-10-2)39-33-28-24-23-25-29-34-42(5)40-41-44(36-16-12-4)37-31-19-15-11-3/h44-45H,5-6,9-41H2,1-4,7-8H3. The molecule has 0 aromatic rings. The second-order valence-corrected chi connectivity index (χ2v) is 15.6. The number of hydrogen-bond acceptors (Lipinski definition) is 2. The van der Waals surface area contributed by atoms with Crippen molar-refractivity contribution in [1.82, 2.24) is 10.0 Å². The monoisotopic (exact) mass is 659 g/mol. The first kappa shape index (κ1) is 46.2. The van der Waals surface area contributed by atoms with Crippen LogP contribution in [-0.2, 0) is 0 Å². The molecule has 0 N–H and O–H groups in total. The topological polar surface area (TPSA) is 6.48 Å². The predicted octanol–water partition coefficient (Wildman–Crippen LogP) is 15.8. The van der Waals surface area contributed by atoms with Gasteiger partial charge in [-0.15, -0.1) is 0 Å².